The molecule has 2 aliphatic rings. The summed E-state index contributed by atoms with van der Waals surface area (Å²) < 4.78 is 0. The highest BCUT2D eigenvalue weighted by Gasteiger charge is 2.52. The quantitative estimate of drug-likeness (QED) is 0.620. The molecule has 1 aliphatic heterocycles. The molecule has 1 heterocycles. The summed E-state index contributed by atoms with van der Waals surface area (Å²) in [5.74, 6) is -0.00484. The summed E-state index contributed by atoms with van der Waals surface area (Å²) in [7, 11) is 0. The third kappa shape index (κ3) is 1.61. The van der Waals surface area contributed by atoms with E-state index in [1.54, 1.807) is 11.8 Å². The maximum absolute atomic E-state index is 12.1. The lowest BCUT2D eigenvalue weighted by Crippen LogP contribution is -2.58. The van der Waals surface area contributed by atoms with Crippen LogP contribution in [0.5, 0.6) is 0 Å². The summed E-state index contributed by atoms with van der Waals surface area (Å²) in [6.07, 6.45) is 1.74. The molecule has 0 aromatic rings. The number of amides is 2. The van der Waals surface area contributed by atoms with Crippen LogP contribution in [0.15, 0.2) is 0 Å². The minimum absolute atomic E-state index is 0.0624. The van der Waals surface area contributed by atoms with Gasteiger partial charge in [0.25, 0.3) is 0 Å². The molecule has 2 amide bonds. The van der Waals surface area contributed by atoms with Crippen LogP contribution in [0.2, 0.25) is 0 Å². The number of nitrogens with zero attached hydrogens (tertiary/aromatic N) is 1. The lowest BCUT2D eigenvalue weighted by Gasteiger charge is -2.35. The van der Waals surface area contributed by atoms with Gasteiger partial charge in [0.1, 0.15) is 6.04 Å². The van der Waals surface area contributed by atoms with Gasteiger partial charge >= 0.3 is 0 Å². The van der Waals surface area contributed by atoms with Crippen LogP contribution < -0.4 is 11.1 Å². The van der Waals surface area contributed by atoms with Crippen molar-refractivity contribution < 1.29 is 9.59 Å². The maximum Gasteiger partial charge on any atom is 0.242 e. The van der Waals surface area contributed by atoms with Crippen molar-refractivity contribution in [2.45, 2.75) is 25.8 Å². The molecule has 2 fully saturated rings. The fourth-order valence-corrected chi connectivity index (χ4v) is 2.02. The second kappa shape index (κ2) is 3.48. The Labute approximate surface area is 89.0 Å². The van der Waals surface area contributed by atoms with Gasteiger partial charge in [0.05, 0.1) is 5.41 Å². The van der Waals surface area contributed by atoms with E-state index in [1.807, 2.05) is 0 Å². The molecule has 0 radical (unpaired) electrons. The molecule has 0 aromatic heterocycles. The fourth-order valence-electron chi connectivity index (χ4n) is 2.02. The van der Waals surface area contributed by atoms with Gasteiger partial charge in [-0.2, -0.15) is 0 Å². The van der Waals surface area contributed by atoms with E-state index in [9.17, 15) is 9.59 Å². The Morgan fingerprint density at radius 2 is 2.33 bits per heavy atom. The minimum atomic E-state index is -0.352. The fraction of sp³-hybridized carbons (Fsp3) is 0.800. The highest BCUT2D eigenvalue weighted by Crippen LogP contribution is 2.46. The van der Waals surface area contributed by atoms with Gasteiger partial charge in [0.15, 0.2) is 0 Å². The van der Waals surface area contributed by atoms with Crippen molar-refractivity contribution in [2.75, 3.05) is 19.6 Å². The van der Waals surface area contributed by atoms with E-state index in [-0.39, 0.29) is 23.3 Å². The van der Waals surface area contributed by atoms with E-state index in [0.717, 1.165) is 12.8 Å². The molecule has 1 saturated heterocycles. The minimum Gasteiger partial charge on any atom is -0.353 e. The van der Waals surface area contributed by atoms with Crippen molar-refractivity contribution in [3.05, 3.63) is 0 Å². The Balaban J connectivity index is 2.09. The van der Waals surface area contributed by atoms with E-state index >= 15 is 0 Å². The van der Waals surface area contributed by atoms with Gasteiger partial charge in [-0.1, -0.05) is 0 Å². The zero-order valence-corrected chi connectivity index (χ0v) is 8.95. The molecule has 5 nitrogen and oxygen atoms in total. The third-order valence-corrected chi connectivity index (χ3v) is 3.46. The Hall–Kier alpha value is -1.10. The Morgan fingerprint density at radius 1 is 1.67 bits per heavy atom. The molecule has 5 heteroatoms. The van der Waals surface area contributed by atoms with Crippen LogP contribution in [0, 0.1) is 5.41 Å². The van der Waals surface area contributed by atoms with Gasteiger partial charge in [0, 0.05) is 19.6 Å². The molecule has 2 rings (SSSR count). The van der Waals surface area contributed by atoms with Gasteiger partial charge < -0.3 is 16.0 Å². The predicted molar refractivity (Wildman–Crippen MR) is 54.9 cm³/mol. The molecule has 15 heavy (non-hydrogen) atoms. The van der Waals surface area contributed by atoms with Crippen LogP contribution in [0.4, 0.5) is 0 Å². The monoisotopic (exact) mass is 211 g/mol. The third-order valence-electron chi connectivity index (χ3n) is 3.46. The van der Waals surface area contributed by atoms with E-state index in [1.165, 1.54) is 0 Å². The van der Waals surface area contributed by atoms with Crippen LogP contribution in [0.1, 0.15) is 19.8 Å². The highest BCUT2D eigenvalue weighted by molar-refractivity contribution is 5.92. The molecule has 1 unspecified atom stereocenters. The van der Waals surface area contributed by atoms with Crippen LogP contribution in [-0.2, 0) is 9.59 Å². The summed E-state index contributed by atoms with van der Waals surface area (Å²) in [5, 5.41) is 2.74. The molecule has 0 aromatic carbocycles. The molecule has 0 spiro atoms. The molecule has 1 aliphatic carbocycles. The van der Waals surface area contributed by atoms with E-state index in [0.29, 0.717) is 19.6 Å². The summed E-state index contributed by atoms with van der Waals surface area (Å²) >= 11 is 0. The first-order valence-corrected chi connectivity index (χ1v) is 5.39. The number of nitrogens with two attached hydrogens (primary N) is 1. The van der Waals surface area contributed by atoms with Gasteiger partial charge in [-0.15, -0.1) is 0 Å². The normalized spacial score (nSPS) is 28.5. The second-order valence-electron chi connectivity index (χ2n) is 4.45. The zero-order valence-electron chi connectivity index (χ0n) is 8.95. The number of rotatable bonds is 2. The van der Waals surface area contributed by atoms with Crippen molar-refractivity contribution in [1.29, 1.82) is 0 Å². The number of hydrogen-bond acceptors (Lipinski definition) is 3. The van der Waals surface area contributed by atoms with E-state index in [2.05, 4.69) is 5.32 Å². The standard InChI is InChI=1S/C10H17N3O2/c1-7-8(14)12-4-5-13(7)9(15)10(6-11)2-3-10/h7H,2-6,11H2,1H3,(H,12,14). The molecular formula is C10H17N3O2. The summed E-state index contributed by atoms with van der Waals surface area (Å²) in [6.45, 7) is 3.32. The molecule has 3 N–H and O–H groups in total. The van der Waals surface area contributed by atoms with Crippen LogP contribution in [-0.4, -0.2) is 42.4 Å². The van der Waals surface area contributed by atoms with Crippen LogP contribution in [0.25, 0.3) is 0 Å². The summed E-state index contributed by atoms with van der Waals surface area (Å²) in [6, 6.07) is -0.352. The van der Waals surface area contributed by atoms with Gasteiger partial charge in [0.2, 0.25) is 11.8 Å². The zero-order chi connectivity index (χ0) is 11.1. The average molecular weight is 211 g/mol. The average Bonchev–Trinajstić information content (AvgIpc) is 3.02. The summed E-state index contributed by atoms with van der Waals surface area (Å²) in [4.78, 5) is 25.2. The number of nitrogens with one attached hydrogen (secondary N) is 1. The van der Waals surface area contributed by atoms with Crippen molar-refractivity contribution in [2.24, 2.45) is 11.1 Å². The van der Waals surface area contributed by atoms with E-state index < -0.39 is 0 Å². The van der Waals surface area contributed by atoms with Crippen molar-refractivity contribution in [1.82, 2.24) is 10.2 Å². The number of carbonyl (C=O) groups excluding carboxylic acids is 2. The SMILES string of the molecule is CC1C(=O)NCCN1C(=O)C1(CN)CC1. The lowest BCUT2D eigenvalue weighted by atomic mass is 10.0. The molecule has 0 bridgehead atoms. The van der Waals surface area contributed by atoms with E-state index in [4.69, 9.17) is 5.73 Å². The lowest BCUT2D eigenvalue weighted by molar-refractivity contribution is -0.146. The topological polar surface area (TPSA) is 75.4 Å². The largest absolute Gasteiger partial charge is 0.353 e. The second-order valence-corrected chi connectivity index (χ2v) is 4.45. The number of hydrogen-bond donors (Lipinski definition) is 2. The van der Waals surface area contributed by atoms with Gasteiger partial charge in [-0.05, 0) is 19.8 Å². The Kier molecular flexibility index (Phi) is 2.42. The summed E-state index contributed by atoms with van der Waals surface area (Å²) in [5.41, 5.74) is 5.27. The molecule has 84 valence electrons. The number of carbonyl (C=O) groups is 2. The first kappa shape index (κ1) is 10.4. The van der Waals surface area contributed by atoms with Gasteiger partial charge in [-0.25, -0.2) is 0 Å². The van der Waals surface area contributed by atoms with Crippen molar-refractivity contribution in [3.8, 4) is 0 Å². The highest BCUT2D eigenvalue weighted by atomic mass is 16.2. The maximum atomic E-state index is 12.1. The smallest absolute Gasteiger partial charge is 0.242 e. The van der Waals surface area contributed by atoms with Gasteiger partial charge in [-0.3, -0.25) is 9.59 Å². The van der Waals surface area contributed by atoms with Crippen molar-refractivity contribution in [3.63, 3.8) is 0 Å². The molecule has 1 atom stereocenters. The Bertz CT molecular complexity index is 299. The van der Waals surface area contributed by atoms with Crippen LogP contribution in [0.3, 0.4) is 0 Å². The molecule has 1 saturated carbocycles. The first-order valence-electron chi connectivity index (χ1n) is 5.39. The molecular weight excluding hydrogens is 194 g/mol. The van der Waals surface area contributed by atoms with Crippen molar-refractivity contribution >= 4 is 11.8 Å². The number of piperazine rings is 1. The van der Waals surface area contributed by atoms with Crippen LogP contribution >= 0.6 is 0 Å². The Morgan fingerprint density at radius 3 is 2.87 bits per heavy atom. The first-order chi connectivity index (χ1) is 7.10. The predicted octanol–water partition coefficient (Wildman–Crippen LogP) is -0.928.